The number of esters is 1. The molecule has 4 nitrogen and oxygen atoms in total. The molecular formula is C24H33NO3. The highest BCUT2D eigenvalue weighted by Crippen LogP contribution is 2.10. The van der Waals surface area contributed by atoms with Gasteiger partial charge in [0.2, 0.25) is 0 Å². The van der Waals surface area contributed by atoms with E-state index >= 15 is 0 Å². The van der Waals surface area contributed by atoms with Gasteiger partial charge in [-0.1, -0.05) is 50.4 Å². The van der Waals surface area contributed by atoms with Crippen LogP contribution in [0.25, 0.3) is 0 Å². The second-order valence-electron chi connectivity index (χ2n) is 7.39. The zero-order valence-corrected chi connectivity index (χ0v) is 16.9. The van der Waals surface area contributed by atoms with E-state index < -0.39 is 0 Å². The number of carbonyl (C=O) groups is 2. The summed E-state index contributed by atoms with van der Waals surface area (Å²) in [7, 11) is 0. The maximum Gasteiger partial charge on any atom is 0.305 e. The second kappa shape index (κ2) is 13.8. The Labute approximate surface area is 169 Å². The van der Waals surface area contributed by atoms with E-state index in [0.29, 0.717) is 25.1 Å². The number of amides is 1. The van der Waals surface area contributed by atoms with Crippen LogP contribution in [0.15, 0.2) is 24.3 Å². The Morgan fingerprint density at radius 1 is 0.786 bits per heavy atom. The molecule has 1 aromatic carbocycles. The number of hydrogen-bond donors (Lipinski definition) is 1. The van der Waals surface area contributed by atoms with Gasteiger partial charge in [-0.05, 0) is 49.9 Å². The summed E-state index contributed by atoms with van der Waals surface area (Å²) in [6.45, 7) is 1.17. The molecular weight excluding hydrogens is 350 g/mol. The molecule has 28 heavy (non-hydrogen) atoms. The van der Waals surface area contributed by atoms with Gasteiger partial charge in [0.25, 0.3) is 5.91 Å². The van der Waals surface area contributed by atoms with E-state index in [1.807, 2.05) is 24.3 Å². The first-order valence-electron chi connectivity index (χ1n) is 10.8. The fraction of sp³-hybridized carbons (Fsp3) is 0.583. The van der Waals surface area contributed by atoms with Crippen LogP contribution in [0.5, 0.6) is 0 Å². The summed E-state index contributed by atoms with van der Waals surface area (Å²) < 4.78 is 5.29. The van der Waals surface area contributed by atoms with Crippen LogP contribution in [0.1, 0.15) is 93.0 Å². The SMILES string of the molecule is O=C1CCCCCNC(=O)c2ccc(cc2)C#CCCCCCCCCCO1. The number of benzene rings is 1. The Bertz CT molecular complexity index is 655. The van der Waals surface area contributed by atoms with E-state index in [1.54, 1.807) is 0 Å². The summed E-state index contributed by atoms with van der Waals surface area (Å²) in [4.78, 5) is 23.9. The number of nitrogens with one attached hydrogen (secondary N) is 1. The van der Waals surface area contributed by atoms with E-state index in [2.05, 4.69) is 17.2 Å². The van der Waals surface area contributed by atoms with Crippen molar-refractivity contribution in [3.8, 4) is 11.8 Å². The minimum atomic E-state index is -0.0975. The minimum Gasteiger partial charge on any atom is -0.466 e. The third-order valence-electron chi connectivity index (χ3n) is 4.93. The zero-order valence-electron chi connectivity index (χ0n) is 16.9. The van der Waals surface area contributed by atoms with Crippen LogP contribution >= 0.6 is 0 Å². The number of rotatable bonds is 0. The van der Waals surface area contributed by atoms with Gasteiger partial charge in [0.15, 0.2) is 0 Å². The van der Waals surface area contributed by atoms with Crippen LogP contribution < -0.4 is 5.32 Å². The third-order valence-corrected chi connectivity index (χ3v) is 4.93. The van der Waals surface area contributed by atoms with Gasteiger partial charge in [0.05, 0.1) is 6.61 Å². The van der Waals surface area contributed by atoms with Gasteiger partial charge < -0.3 is 10.1 Å². The van der Waals surface area contributed by atoms with E-state index in [0.717, 1.165) is 50.5 Å². The molecule has 2 aliphatic heterocycles. The van der Waals surface area contributed by atoms with E-state index in [4.69, 9.17) is 4.74 Å². The standard InChI is InChI=1S/C24H33NO3/c26-23-14-10-8-11-19-25-24(27)22-17-15-21(16-18-22)13-9-6-4-2-1-3-5-7-12-20-28-23/h15-18H,1-8,10-12,14,19-20H2,(H,25,27). The third kappa shape index (κ3) is 9.60. The fourth-order valence-corrected chi connectivity index (χ4v) is 3.20. The monoisotopic (exact) mass is 383 g/mol. The summed E-state index contributed by atoms with van der Waals surface area (Å²) >= 11 is 0. The van der Waals surface area contributed by atoms with Crippen molar-refractivity contribution in [1.29, 1.82) is 0 Å². The molecule has 1 N–H and O–H groups in total. The lowest BCUT2D eigenvalue weighted by Crippen LogP contribution is -2.24. The molecule has 0 saturated carbocycles. The molecule has 0 atom stereocenters. The van der Waals surface area contributed by atoms with Crippen molar-refractivity contribution in [1.82, 2.24) is 5.32 Å². The smallest absolute Gasteiger partial charge is 0.305 e. The Morgan fingerprint density at radius 3 is 2.25 bits per heavy atom. The van der Waals surface area contributed by atoms with Crippen LogP contribution in [0.2, 0.25) is 0 Å². The normalized spacial score (nSPS) is 18.9. The predicted octanol–water partition coefficient (Wildman–Crippen LogP) is 5.01. The fourth-order valence-electron chi connectivity index (χ4n) is 3.20. The van der Waals surface area contributed by atoms with Gasteiger partial charge in [-0.25, -0.2) is 0 Å². The Kier molecular flexibility index (Phi) is 10.9. The summed E-state index contributed by atoms with van der Waals surface area (Å²) in [5, 5.41) is 2.93. The van der Waals surface area contributed by atoms with E-state index in [1.165, 1.54) is 25.7 Å². The Morgan fingerprint density at radius 2 is 1.46 bits per heavy atom. The molecule has 2 bridgehead atoms. The van der Waals surface area contributed by atoms with Gasteiger partial charge in [-0.2, -0.15) is 0 Å². The van der Waals surface area contributed by atoms with E-state index in [-0.39, 0.29) is 11.9 Å². The lowest BCUT2D eigenvalue weighted by Gasteiger charge is -2.07. The molecule has 0 aromatic heterocycles. The van der Waals surface area contributed by atoms with Crippen molar-refractivity contribution in [3.63, 3.8) is 0 Å². The van der Waals surface area contributed by atoms with Crippen LogP contribution in [-0.2, 0) is 9.53 Å². The van der Waals surface area contributed by atoms with Gasteiger partial charge in [0, 0.05) is 30.5 Å². The Balaban J connectivity index is 1.82. The van der Waals surface area contributed by atoms with Gasteiger partial charge in [0.1, 0.15) is 0 Å². The average molecular weight is 384 g/mol. The maximum absolute atomic E-state index is 12.2. The number of fused-ring (bicyclic) bond motifs is 20. The molecule has 4 heteroatoms. The van der Waals surface area contributed by atoms with Crippen molar-refractivity contribution in [3.05, 3.63) is 35.4 Å². The molecule has 1 amide bonds. The number of ether oxygens (including phenoxy) is 1. The van der Waals surface area contributed by atoms with Crippen LogP contribution in [0, 0.1) is 11.8 Å². The van der Waals surface area contributed by atoms with Crippen LogP contribution in [0.3, 0.4) is 0 Å². The quantitative estimate of drug-likeness (QED) is 0.506. The van der Waals surface area contributed by atoms with E-state index in [9.17, 15) is 9.59 Å². The molecule has 2 heterocycles. The van der Waals surface area contributed by atoms with Gasteiger partial charge >= 0.3 is 5.97 Å². The largest absolute Gasteiger partial charge is 0.466 e. The summed E-state index contributed by atoms with van der Waals surface area (Å²) in [6.07, 6.45) is 12.1. The van der Waals surface area contributed by atoms with Crippen LogP contribution in [0.4, 0.5) is 0 Å². The summed E-state index contributed by atoms with van der Waals surface area (Å²) in [5.74, 6) is 6.25. The van der Waals surface area contributed by atoms with Gasteiger partial charge in [-0.3, -0.25) is 9.59 Å². The predicted molar refractivity (Wildman–Crippen MR) is 112 cm³/mol. The molecule has 0 unspecified atom stereocenters. The first-order chi connectivity index (χ1) is 13.8. The zero-order chi connectivity index (χ0) is 19.9. The molecule has 0 saturated heterocycles. The highest BCUT2D eigenvalue weighted by atomic mass is 16.5. The summed E-state index contributed by atoms with van der Waals surface area (Å²) in [5.41, 5.74) is 1.61. The molecule has 0 aliphatic carbocycles. The first-order valence-corrected chi connectivity index (χ1v) is 10.8. The van der Waals surface area contributed by atoms with Gasteiger partial charge in [-0.15, -0.1) is 0 Å². The average Bonchev–Trinajstić information content (AvgIpc) is 2.71. The highest BCUT2D eigenvalue weighted by molar-refractivity contribution is 5.94. The maximum atomic E-state index is 12.2. The summed E-state index contributed by atoms with van der Waals surface area (Å²) in [6, 6.07) is 7.47. The lowest BCUT2D eigenvalue weighted by molar-refractivity contribution is -0.143. The van der Waals surface area contributed by atoms with Crippen molar-refractivity contribution in [2.45, 2.75) is 77.0 Å². The molecule has 152 valence electrons. The number of hydrogen-bond acceptors (Lipinski definition) is 3. The number of carbonyl (C=O) groups excluding carboxylic acids is 2. The Hall–Kier alpha value is -2.28. The minimum absolute atomic E-state index is 0.0617. The molecule has 2 aliphatic rings. The highest BCUT2D eigenvalue weighted by Gasteiger charge is 2.05. The second-order valence-corrected chi connectivity index (χ2v) is 7.39. The molecule has 0 fully saturated rings. The van der Waals surface area contributed by atoms with Crippen LogP contribution in [-0.4, -0.2) is 25.0 Å². The van der Waals surface area contributed by atoms with Crippen molar-refractivity contribution < 1.29 is 14.3 Å². The van der Waals surface area contributed by atoms with Crippen molar-refractivity contribution >= 4 is 11.9 Å². The molecule has 1 aromatic rings. The lowest BCUT2D eigenvalue weighted by atomic mass is 10.1. The topological polar surface area (TPSA) is 55.4 Å². The molecule has 3 rings (SSSR count). The molecule has 0 radical (unpaired) electrons. The van der Waals surface area contributed by atoms with Crippen molar-refractivity contribution in [2.75, 3.05) is 13.2 Å². The first kappa shape index (κ1) is 22.0. The van der Waals surface area contributed by atoms with Crippen molar-refractivity contribution in [2.24, 2.45) is 0 Å². The molecule has 0 spiro atoms.